The van der Waals surface area contributed by atoms with E-state index in [4.69, 9.17) is 5.11 Å². The van der Waals surface area contributed by atoms with Gasteiger partial charge in [0.05, 0.1) is 23.5 Å². The number of aryl methyl sites for hydroxylation is 2. The van der Waals surface area contributed by atoms with Crippen molar-refractivity contribution in [2.45, 2.75) is 39.5 Å². The number of anilines is 1. The summed E-state index contributed by atoms with van der Waals surface area (Å²) in [6.45, 7) is 3.88. The number of nitrogens with one attached hydrogen (secondary N) is 1. The molecule has 1 aliphatic carbocycles. The maximum absolute atomic E-state index is 12.4. The Hall–Kier alpha value is -2.70. The minimum atomic E-state index is -0.812. The van der Waals surface area contributed by atoms with E-state index in [0.29, 0.717) is 24.3 Å². The van der Waals surface area contributed by atoms with Gasteiger partial charge in [0.2, 0.25) is 5.91 Å². The quantitative estimate of drug-likeness (QED) is 0.890. The lowest BCUT2D eigenvalue weighted by molar-refractivity contribution is -0.143. The topological polar surface area (TPSA) is 97.1 Å². The molecule has 0 aromatic carbocycles. The third kappa shape index (κ3) is 3.87. The van der Waals surface area contributed by atoms with Crippen LogP contribution in [0.3, 0.4) is 0 Å². The highest BCUT2D eigenvalue weighted by atomic mass is 16.4. The number of carbonyl (C=O) groups is 2. The van der Waals surface area contributed by atoms with Crippen LogP contribution in [0.25, 0.3) is 5.82 Å². The van der Waals surface area contributed by atoms with E-state index in [9.17, 15) is 9.59 Å². The average Bonchev–Trinajstić information content (AvgIpc) is 2.94. The van der Waals surface area contributed by atoms with E-state index in [1.165, 1.54) is 0 Å². The van der Waals surface area contributed by atoms with Gasteiger partial charge < -0.3 is 10.4 Å². The molecule has 2 atom stereocenters. The zero-order chi connectivity index (χ0) is 18.0. The van der Waals surface area contributed by atoms with Crippen molar-refractivity contribution < 1.29 is 14.7 Å². The van der Waals surface area contributed by atoms with Crippen LogP contribution in [0.2, 0.25) is 0 Å². The van der Waals surface area contributed by atoms with Gasteiger partial charge in [0.15, 0.2) is 5.82 Å². The molecule has 3 rings (SSSR count). The number of amides is 1. The van der Waals surface area contributed by atoms with Crippen LogP contribution in [0.15, 0.2) is 24.4 Å². The van der Waals surface area contributed by atoms with Crippen molar-refractivity contribution >= 4 is 17.6 Å². The smallest absolute Gasteiger partial charge is 0.306 e. The predicted octanol–water partition coefficient (Wildman–Crippen LogP) is 2.71. The molecule has 2 aromatic rings. The lowest BCUT2D eigenvalue weighted by Crippen LogP contribution is -2.30. The minimum absolute atomic E-state index is 0.133. The van der Waals surface area contributed by atoms with Crippen LogP contribution in [0, 0.1) is 25.7 Å². The molecule has 2 unspecified atom stereocenters. The summed E-state index contributed by atoms with van der Waals surface area (Å²) in [5.41, 5.74) is 2.51. The molecule has 132 valence electrons. The van der Waals surface area contributed by atoms with E-state index >= 15 is 0 Å². The lowest BCUT2D eigenvalue weighted by atomic mass is 9.81. The monoisotopic (exact) mass is 342 g/mol. The summed E-state index contributed by atoms with van der Waals surface area (Å²) in [6, 6.07) is 5.56. The molecular formula is C18H22N4O3. The molecule has 0 radical (unpaired) electrons. The van der Waals surface area contributed by atoms with Crippen molar-refractivity contribution in [3.8, 4) is 5.82 Å². The summed E-state index contributed by atoms with van der Waals surface area (Å²) in [5.74, 6) is -0.936. The number of pyridine rings is 1. The zero-order valence-electron chi connectivity index (χ0n) is 14.4. The Kier molecular flexibility index (Phi) is 4.83. The van der Waals surface area contributed by atoms with E-state index < -0.39 is 11.9 Å². The standard InChI is InChI=1S/C18H22N4O3/c1-11-8-12(2)22(21-11)16-7-6-15(10-19-16)20-17(23)13-4-3-5-14(9-13)18(24)25/h6-8,10,13-14H,3-5,9H2,1-2H3,(H,20,23)(H,24,25). The molecule has 1 saturated carbocycles. The van der Waals surface area contributed by atoms with Gasteiger partial charge in [-0.15, -0.1) is 0 Å². The number of carbonyl (C=O) groups excluding carboxylic acids is 1. The molecule has 7 heteroatoms. The fourth-order valence-corrected chi connectivity index (χ4v) is 3.34. The molecule has 0 spiro atoms. The van der Waals surface area contributed by atoms with Crippen molar-refractivity contribution in [3.05, 3.63) is 35.8 Å². The third-order valence-corrected chi connectivity index (χ3v) is 4.64. The maximum atomic E-state index is 12.4. The highest BCUT2D eigenvalue weighted by Crippen LogP contribution is 2.30. The van der Waals surface area contributed by atoms with Crippen LogP contribution >= 0.6 is 0 Å². The van der Waals surface area contributed by atoms with Gasteiger partial charge in [0, 0.05) is 11.6 Å². The minimum Gasteiger partial charge on any atom is -0.481 e. The van der Waals surface area contributed by atoms with Gasteiger partial charge in [-0.3, -0.25) is 9.59 Å². The Bertz CT molecular complexity index is 782. The summed E-state index contributed by atoms with van der Waals surface area (Å²) in [5, 5.41) is 16.4. The SMILES string of the molecule is Cc1cc(C)n(-c2ccc(NC(=O)C3CCCC(C(=O)O)C3)cn2)n1. The van der Waals surface area contributed by atoms with Gasteiger partial charge in [-0.2, -0.15) is 5.10 Å². The lowest BCUT2D eigenvalue weighted by Gasteiger charge is -2.25. The largest absolute Gasteiger partial charge is 0.481 e. The normalized spacial score (nSPS) is 20.2. The molecule has 1 fully saturated rings. The molecule has 25 heavy (non-hydrogen) atoms. The summed E-state index contributed by atoms with van der Waals surface area (Å²) in [7, 11) is 0. The number of rotatable bonds is 4. The Labute approximate surface area is 146 Å². The molecule has 0 aliphatic heterocycles. The number of hydrogen-bond donors (Lipinski definition) is 2. The van der Waals surface area contributed by atoms with Crippen LogP contribution in [0.1, 0.15) is 37.1 Å². The summed E-state index contributed by atoms with van der Waals surface area (Å²) in [4.78, 5) is 27.9. The highest BCUT2D eigenvalue weighted by molar-refractivity contribution is 5.92. The zero-order valence-corrected chi connectivity index (χ0v) is 14.4. The molecule has 7 nitrogen and oxygen atoms in total. The van der Waals surface area contributed by atoms with Crippen LogP contribution in [0.4, 0.5) is 5.69 Å². The molecule has 2 heterocycles. The number of aliphatic carboxylic acids is 1. The average molecular weight is 342 g/mol. The second kappa shape index (κ2) is 7.04. The first-order valence-electron chi connectivity index (χ1n) is 8.47. The van der Waals surface area contributed by atoms with Gasteiger partial charge in [0.25, 0.3) is 0 Å². The Balaban J connectivity index is 1.66. The summed E-state index contributed by atoms with van der Waals surface area (Å²) >= 11 is 0. The van der Waals surface area contributed by atoms with Crippen molar-refractivity contribution in [1.29, 1.82) is 0 Å². The fraction of sp³-hybridized carbons (Fsp3) is 0.444. The van der Waals surface area contributed by atoms with Crippen molar-refractivity contribution in [3.63, 3.8) is 0 Å². The van der Waals surface area contributed by atoms with E-state index in [1.54, 1.807) is 23.0 Å². The Morgan fingerprint density at radius 3 is 2.60 bits per heavy atom. The van der Waals surface area contributed by atoms with Gasteiger partial charge in [-0.25, -0.2) is 9.67 Å². The summed E-state index contributed by atoms with van der Waals surface area (Å²) in [6.07, 6.45) is 4.15. The second-order valence-corrected chi connectivity index (χ2v) is 6.63. The highest BCUT2D eigenvalue weighted by Gasteiger charge is 2.31. The van der Waals surface area contributed by atoms with E-state index in [-0.39, 0.29) is 11.8 Å². The molecular weight excluding hydrogens is 320 g/mol. The van der Waals surface area contributed by atoms with Crippen molar-refractivity contribution in [2.75, 3.05) is 5.32 Å². The molecule has 0 bridgehead atoms. The number of aromatic nitrogens is 3. The molecule has 0 saturated heterocycles. The predicted molar refractivity (Wildman–Crippen MR) is 92.5 cm³/mol. The van der Waals surface area contributed by atoms with Gasteiger partial charge in [-0.1, -0.05) is 6.42 Å². The molecule has 2 N–H and O–H groups in total. The van der Waals surface area contributed by atoms with E-state index in [2.05, 4.69) is 15.4 Å². The Morgan fingerprint density at radius 1 is 1.24 bits per heavy atom. The number of hydrogen-bond acceptors (Lipinski definition) is 4. The van der Waals surface area contributed by atoms with Crippen molar-refractivity contribution in [2.24, 2.45) is 11.8 Å². The maximum Gasteiger partial charge on any atom is 0.306 e. The van der Waals surface area contributed by atoms with E-state index in [1.807, 2.05) is 19.9 Å². The third-order valence-electron chi connectivity index (χ3n) is 4.64. The van der Waals surface area contributed by atoms with Gasteiger partial charge in [-0.05, 0) is 51.3 Å². The first kappa shape index (κ1) is 17.1. The van der Waals surface area contributed by atoms with Gasteiger partial charge >= 0.3 is 5.97 Å². The number of carboxylic acids is 1. The number of nitrogens with zero attached hydrogens (tertiary/aromatic N) is 3. The van der Waals surface area contributed by atoms with Crippen LogP contribution in [-0.2, 0) is 9.59 Å². The van der Waals surface area contributed by atoms with Crippen LogP contribution in [0.5, 0.6) is 0 Å². The van der Waals surface area contributed by atoms with Crippen LogP contribution < -0.4 is 5.32 Å². The van der Waals surface area contributed by atoms with Crippen LogP contribution in [-0.4, -0.2) is 31.7 Å². The van der Waals surface area contributed by atoms with Gasteiger partial charge in [0.1, 0.15) is 0 Å². The summed E-state index contributed by atoms with van der Waals surface area (Å²) < 4.78 is 1.75. The number of carboxylic acid groups (broad SMARTS) is 1. The fourth-order valence-electron chi connectivity index (χ4n) is 3.34. The molecule has 1 aliphatic rings. The Morgan fingerprint density at radius 2 is 2.00 bits per heavy atom. The first-order valence-corrected chi connectivity index (χ1v) is 8.47. The molecule has 1 amide bonds. The first-order chi connectivity index (χ1) is 11.9. The van der Waals surface area contributed by atoms with E-state index in [0.717, 1.165) is 24.2 Å². The van der Waals surface area contributed by atoms with Crippen molar-refractivity contribution in [1.82, 2.24) is 14.8 Å². The second-order valence-electron chi connectivity index (χ2n) is 6.63. The molecule has 2 aromatic heterocycles.